The largest absolute Gasteiger partial charge is 0.342 e. The number of aromatic nitrogens is 1. The predicted octanol–water partition coefficient (Wildman–Crippen LogP) is 5.09. The van der Waals surface area contributed by atoms with Crippen LogP contribution in [0.5, 0.6) is 0 Å². The summed E-state index contributed by atoms with van der Waals surface area (Å²) < 4.78 is 2.17. The minimum Gasteiger partial charge on any atom is -0.342 e. The van der Waals surface area contributed by atoms with Crippen LogP contribution in [0.25, 0.3) is 0 Å². The van der Waals surface area contributed by atoms with Gasteiger partial charge in [-0.1, -0.05) is 35.9 Å². The molecular weight excluding hydrogens is 364 g/mol. The van der Waals surface area contributed by atoms with Crippen molar-refractivity contribution in [3.63, 3.8) is 0 Å². The van der Waals surface area contributed by atoms with Crippen molar-refractivity contribution < 1.29 is 0 Å². The number of aryl methyl sites for hydroxylation is 3. The van der Waals surface area contributed by atoms with E-state index >= 15 is 0 Å². The van der Waals surface area contributed by atoms with Crippen LogP contribution in [0.3, 0.4) is 0 Å². The first-order chi connectivity index (χ1) is 13.4. The van der Waals surface area contributed by atoms with Crippen LogP contribution < -0.4 is 10.7 Å². The van der Waals surface area contributed by atoms with Gasteiger partial charge in [0.2, 0.25) is 0 Å². The molecule has 0 aliphatic carbocycles. The number of nitrogens with one attached hydrogen (secondary N) is 2. The Morgan fingerprint density at radius 2 is 1.86 bits per heavy atom. The van der Waals surface area contributed by atoms with E-state index in [4.69, 9.17) is 12.2 Å². The van der Waals surface area contributed by atoms with Gasteiger partial charge in [0.1, 0.15) is 0 Å². The number of hydrogen-bond acceptors (Lipinski definition) is 2. The summed E-state index contributed by atoms with van der Waals surface area (Å²) in [6, 6.07) is 16.7. The molecule has 4 nitrogen and oxygen atoms in total. The summed E-state index contributed by atoms with van der Waals surface area (Å²) in [6.45, 7) is 9.23. The van der Waals surface area contributed by atoms with Crippen molar-refractivity contribution in [2.75, 3.05) is 5.32 Å². The van der Waals surface area contributed by atoms with Crippen molar-refractivity contribution >= 4 is 29.2 Å². The highest BCUT2D eigenvalue weighted by atomic mass is 32.1. The van der Waals surface area contributed by atoms with Crippen LogP contribution in [0.2, 0.25) is 0 Å². The standard InChI is InChI=1S/C23H26N4S/c1-16-10-11-18(3)20(13-16)15-27-12-6-8-21(27)14-24-26-23(28)25-22-9-5-7-17(2)19(22)4/h5-14H,15H2,1-4H3,(H2,25,26,28)/b24-14+. The maximum atomic E-state index is 5.36. The molecule has 0 saturated heterocycles. The Hall–Kier alpha value is -2.92. The van der Waals surface area contributed by atoms with Crippen LogP contribution in [0.15, 0.2) is 59.8 Å². The highest BCUT2D eigenvalue weighted by Gasteiger charge is 2.04. The quantitative estimate of drug-likeness (QED) is 0.362. The van der Waals surface area contributed by atoms with Gasteiger partial charge in [0.15, 0.2) is 5.11 Å². The third kappa shape index (κ3) is 4.87. The fourth-order valence-corrected chi connectivity index (χ4v) is 3.20. The molecule has 0 amide bonds. The van der Waals surface area contributed by atoms with Crippen LogP contribution in [0.1, 0.15) is 33.5 Å². The molecule has 0 aliphatic rings. The van der Waals surface area contributed by atoms with Crippen LogP contribution in [0.4, 0.5) is 5.69 Å². The summed E-state index contributed by atoms with van der Waals surface area (Å²) >= 11 is 5.36. The Balaban J connectivity index is 1.64. The van der Waals surface area contributed by atoms with Gasteiger partial charge in [-0.25, -0.2) is 0 Å². The first-order valence-electron chi connectivity index (χ1n) is 9.31. The van der Waals surface area contributed by atoms with E-state index in [1.54, 1.807) is 6.21 Å². The van der Waals surface area contributed by atoms with Crippen molar-refractivity contribution in [3.8, 4) is 0 Å². The summed E-state index contributed by atoms with van der Waals surface area (Å²) in [5.41, 5.74) is 11.2. The molecule has 0 atom stereocenters. The van der Waals surface area contributed by atoms with E-state index in [0.29, 0.717) is 5.11 Å². The van der Waals surface area contributed by atoms with E-state index in [-0.39, 0.29) is 0 Å². The van der Waals surface area contributed by atoms with E-state index in [2.05, 4.69) is 78.6 Å². The van der Waals surface area contributed by atoms with E-state index in [1.165, 1.54) is 27.8 Å². The second-order valence-electron chi connectivity index (χ2n) is 7.06. The van der Waals surface area contributed by atoms with Gasteiger partial charge in [-0.15, -0.1) is 0 Å². The summed E-state index contributed by atoms with van der Waals surface area (Å²) in [7, 11) is 0. The Kier molecular flexibility index (Phi) is 6.26. The molecule has 1 aromatic heterocycles. The summed E-state index contributed by atoms with van der Waals surface area (Å²) in [6.07, 6.45) is 3.86. The third-order valence-corrected chi connectivity index (χ3v) is 5.12. The molecule has 0 saturated carbocycles. The lowest BCUT2D eigenvalue weighted by atomic mass is 10.1. The van der Waals surface area contributed by atoms with Gasteiger partial charge in [-0.05, 0) is 80.4 Å². The van der Waals surface area contributed by atoms with Crippen LogP contribution in [0, 0.1) is 27.7 Å². The average molecular weight is 391 g/mol. The Labute approximate surface area is 172 Å². The lowest BCUT2D eigenvalue weighted by Gasteiger charge is -2.12. The lowest BCUT2D eigenvalue weighted by Crippen LogP contribution is -2.24. The number of benzene rings is 2. The van der Waals surface area contributed by atoms with Crippen molar-refractivity contribution in [1.82, 2.24) is 9.99 Å². The molecule has 1 heterocycles. The van der Waals surface area contributed by atoms with Crippen molar-refractivity contribution in [1.29, 1.82) is 0 Å². The molecular formula is C23H26N4S. The number of anilines is 1. The zero-order valence-electron chi connectivity index (χ0n) is 16.8. The van der Waals surface area contributed by atoms with Gasteiger partial charge >= 0.3 is 0 Å². The van der Waals surface area contributed by atoms with Gasteiger partial charge in [-0.3, -0.25) is 5.43 Å². The maximum absolute atomic E-state index is 5.36. The molecule has 28 heavy (non-hydrogen) atoms. The molecule has 144 valence electrons. The predicted molar refractivity (Wildman–Crippen MR) is 122 cm³/mol. The van der Waals surface area contributed by atoms with Crippen LogP contribution in [-0.4, -0.2) is 15.9 Å². The molecule has 0 aliphatic heterocycles. The van der Waals surface area contributed by atoms with E-state index < -0.39 is 0 Å². The zero-order chi connectivity index (χ0) is 20.1. The Bertz CT molecular complexity index is 1020. The second kappa shape index (κ2) is 8.85. The summed E-state index contributed by atoms with van der Waals surface area (Å²) in [4.78, 5) is 0. The van der Waals surface area contributed by atoms with Gasteiger partial charge in [-0.2, -0.15) is 5.10 Å². The average Bonchev–Trinajstić information content (AvgIpc) is 3.09. The van der Waals surface area contributed by atoms with Crippen molar-refractivity contribution in [2.24, 2.45) is 5.10 Å². The zero-order valence-corrected chi connectivity index (χ0v) is 17.6. The fourth-order valence-electron chi connectivity index (χ4n) is 3.04. The van der Waals surface area contributed by atoms with E-state index in [1.807, 2.05) is 24.3 Å². The smallest absolute Gasteiger partial charge is 0.191 e. The first-order valence-corrected chi connectivity index (χ1v) is 9.72. The second-order valence-corrected chi connectivity index (χ2v) is 7.47. The minimum absolute atomic E-state index is 0.470. The minimum atomic E-state index is 0.470. The Morgan fingerprint density at radius 3 is 2.68 bits per heavy atom. The highest BCUT2D eigenvalue weighted by Crippen LogP contribution is 2.17. The van der Waals surface area contributed by atoms with Gasteiger partial charge in [0.25, 0.3) is 0 Å². The molecule has 0 bridgehead atoms. The normalized spacial score (nSPS) is 11.0. The number of hydrogen-bond donors (Lipinski definition) is 2. The molecule has 5 heteroatoms. The summed E-state index contributed by atoms with van der Waals surface area (Å²) in [5.74, 6) is 0. The monoisotopic (exact) mass is 390 g/mol. The molecule has 2 aromatic carbocycles. The highest BCUT2D eigenvalue weighted by molar-refractivity contribution is 7.80. The number of thiocarbonyl (C=S) groups is 1. The van der Waals surface area contributed by atoms with Crippen LogP contribution in [-0.2, 0) is 6.54 Å². The maximum Gasteiger partial charge on any atom is 0.191 e. The van der Waals surface area contributed by atoms with E-state index in [9.17, 15) is 0 Å². The SMILES string of the molecule is Cc1ccc(C)c(Cn2cccc2/C=N/NC(=S)Nc2cccc(C)c2C)c1. The number of hydrazone groups is 1. The molecule has 3 aromatic rings. The van der Waals surface area contributed by atoms with E-state index in [0.717, 1.165) is 17.9 Å². The molecule has 3 rings (SSSR count). The number of rotatable bonds is 5. The number of nitrogens with zero attached hydrogens (tertiary/aromatic N) is 2. The van der Waals surface area contributed by atoms with Gasteiger partial charge < -0.3 is 9.88 Å². The van der Waals surface area contributed by atoms with Gasteiger partial charge in [0, 0.05) is 18.4 Å². The Morgan fingerprint density at radius 1 is 1.04 bits per heavy atom. The molecule has 2 N–H and O–H groups in total. The lowest BCUT2D eigenvalue weighted by molar-refractivity contribution is 0.793. The third-order valence-electron chi connectivity index (χ3n) is 4.93. The van der Waals surface area contributed by atoms with Crippen molar-refractivity contribution in [3.05, 3.63) is 88.2 Å². The van der Waals surface area contributed by atoms with Crippen LogP contribution >= 0.6 is 12.2 Å². The van der Waals surface area contributed by atoms with Crippen molar-refractivity contribution in [2.45, 2.75) is 34.2 Å². The summed E-state index contributed by atoms with van der Waals surface area (Å²) in [5, 5.41) is 7.97. The molecule has 0 spiro atoms. The fraction of sp³-hybridized carbons (Fsp3) is 0.217. The molecule has 0 fully saturated rings. The molecule has 0 radical (unpaired) electrons. The topological polar surface area (TPSA) is 41.4 Å². The first kappa shape index (κ1) is 19.8. The molecule has 0 unspecified atom stereocenters. The van der Waals surface area contributed by atoms with Gasteiger partial charge in [0.05, 0.1) is 11.9 Å².